The summed E-state index contributed by atoms with van der Waals surface area (Å²) in [5, 5.41) is 0. The standard InChI is InChI=1S/C18H34NO3.ClH/c1-3-4-5-6-7-8-9-10-11-12-14-22-18(20)17-16-21-15-13-19(17)2;/h17H,2-16H2,1H3;1H/q+1;/p-1. The molecule has 0 aliphatic carbocycles. The largest absolute Gasteiger partial charge is 1.00 e. The van der Waals surface area contributed by atoms with Crippen LogP contribution in [0.2, 0.25) is 0 Å². The van der Waals surface area contributed by atoms with E-state index < -0.39 is 0 Å². The van der Waals surface area contributed by atoms with Gasteiger partial charge in [0.05, 0.1) is 6.61 Å². The van der Waals surface area contributed by atoms with Crippen molar-refractivity contribution in [1.82, 2.24) is 0 Å². The third-order valence-electron chi connectivity index (χ3n) is 4.25. The molecule has 5 heteroatoms. The van der Waals surface area contributed by atoms with E-state index in [-0.39, 0.29) is 24.4 Å². The van der Waals surface area contributed by atoms with Gasteiger partial charge in [-0.2, -0.15) is 0 Å². The van der Waals surface area contributed by atoms with Gasteiger partial charge in [0.25, 0.3) is 6.04 Å². The molecule has 0 aromatic heterocycles. The molecule has 0 spiro atoms. The Morgan fingerprint density at radius 3 is 2.22 bits per heavy atom. The SMILES string of the molecule is C=[N+]1CCOCC1C(=O)OCCCCCCCCCCCC.[Cl-]. The van der Waals surface area contributed by atoms with E-state index in [0.717, 1.165) is 12.8 Å². The van der Waals surface area contributed by atoms with E-state index in [9.17, 15) is 4.79 Å². The minimum Gasteiger partial charge on any atom is -1.00 e. The molecule has 0 aromatic rings. The zero-order valence-corrected chi connectivity index (χ0v) is 15.5. The number of hydrogen-bond donors (Lipinski definition) is 0. The van der Waals surface area contributed by atoms with Crippen LogP contribution in [0.15, 0.2) is 0 Å². The van der Waals surface area contributed by atoms with Crippen molar-refractivity contribution in [3.8, 4) is 0 Å². The Labute approximate surface area is 148 Å². The van der Waals surface area contributed by atoms with Gasteiger partial charge in [-0.1, -0.05) is 64.7 Å². The molecule has 1 aliphatic heterocycles. The average Bonchev–Trinajstić information content (AvgIpc) is 2.53. The number of carbonyl (C=O) groups excluding carboxylic acids is 1. The second kappa shape index (κ2) is 14.9. The minimum absolute atomic E-state index is 0. The molecular formula is C18H34ClNO3. The molecule has 1 fully saturated rings. The van der Waals surface area contributed by atoms with Crippen molar-refractivity contribution >= 4 is 12.7 Å². The summed E-state index contributed by atoms with van der Waals surface area (Å²) in [7, 11) is 0. The highest BCUT2D eigenvalue weighted by atomic mass is 35.5. The summed E-state index contributed by atoms with van der Waals surface area (Å²) in [5.41, 5.74) is 0. The van der Waals surface area contributed by atoms with Gasteiger partial charge in [-0.3, -0.25) is 0 Å². The van der Waals surface area contributed by atoms with E-state index in [0.29, 0.717) is 26.4 Å². The number of unbranched alkanes of at least 4 members (excludes halogenated alkanes) is 9. The maximum absolute atomic E-state index is 11.9. The molecule has 136 valence electrons. The van der Waals surface area contributed by atoms with Crippen LogP contribution in [0.3, 0.4) is 0 Å². The van der Waals surface area contributed by atoms with Crippen LogP contribution < -0.4 is 12.4 Å². The van der Waals surface area contributed by atoms with Gasteiger partial charge >= 0.3 is 5.97 Å². The van der Waals surface area contributed by atoms with Gasteiger partial charge < -0.3 is 21.9 Å². The van der Waals surface area contributed by atoms with Crippen molar-refractivity contribution in [2.24, 2.45) is 0 Å². The number of hydrogen-bond acceptors (Lipinski definition) is 3. The van der Waals surface area contributed by atoms with Gasteiger partial charge in [0.15, 0.2) is 6.54 Å². The predicted octanol–water partition coefficient (Wildman–Crippen LogP) is 0.566. The van der Waals surface area contributed by atoms with Crippen LogP contribution in [0.1, 0.15) is 71.1 Å². The highest BCUT2D eigenvalue weighted by Crippen LogP contribution is 2.10. The molecule has 0 aromatic carbocycles. The molecule has 1 rings (SSSR count). The van der Waals surface area contributed by atoms with Gasteiger partial charge in [0, 0.05) is 0 Å². The van der Waals surface area contributed by atoms with Crippen molar-refractivity contribution < 1.29 is 31.3 Å². The second-order valence-electron chi connectivity index (χ2n) is 6.25. The summed E-state index contributed by atoms with van der Waals surface area (Å²) in [5.74, 6) is -0.189. The number of nitrogens with zero attached hydrogens (tertiary/aromatic N) is 1. The average molecular weight is 348 g/mol. The monoisotopic (exact) mass is 347 g/mol. The van der Waals surface area contributed by atoms with E-state index >= 15 is 0 Å². The molecule has 1 aliphatic rings. The third kappa shape index (κ3) is 10.7. The van der Waals surface area contributed by atoms with Crippen LogP contribution in [0.5, 0.6) is 0 Å². The van der Waals surface area contributed by atoms with Gasteiger partial charge in [0.1, 0.15) is 19.9 Å². The van der Waals surface area contributed by atoms with Crippen LogP contribution >= 0.6 is 0 Å². The first-order valence-electron chi connectivity index (χ1n) is 9.07. The first-order valence-corrected chi connectivity index (χ1v) is 9.07. The summed E-state index contributed by atoms with van der Waals surface area (Å²) >= 11 is 0. The lowest BCUT2D eigenvalue weighted by Gasteiger charge is -2.18. The maximum atomic E-state index is 11.9. The summed E-state index contributed by atoms with van der Waals surface area (Å²) in [6.07, 6.45) is 12.9. The Morgan fingerprint density at radius 1 is 1.09 bits per heavy atom. The Hall–Kier alpha value is -0.610. The molecule has 23 heavy (non-hydrogen) atoms. The zero-order chi connectivity index (χ0) is 16.0. The zero-order valence-electron chi connectivity index (χ0n) is 14.7. The molecule has 0 N–H and O–H groups in total. The molecule has 0 radical (unpaired) electrons. The number of morpholine rings is 1. The molecule has 1 heterocycles. The van der Waals surface area contributed by atoms with Crippen molar-refractivity contribution in [1.29, 1.82) is 0 Å². The van der Waals surface area contributed by atoms with Crippen LogP contribution in [0.25, 0.3) is 0 Å². The van der Waals surface area contributed by atoms with E-state index in [4.69, 9.17) is 9.47 Å². The molecule has 0 saturated carbocycles. The normalized spacial score (nSPS) is 17.6. The van der Waals surface area contributed by atoms with Crippen LogP contribution in [0, 0.1) is 0 Å². The highest BCUT2D eigenvalue weighted by Gasteiger charge is 2.32. The first-order chi connectivity index (χ1) is 10.8. The number of carbonyl (C=O) groups is 1. The number of halogens is 1. The van der Waals surface area contributed by atoms with Gasteiger partial charge in [0.2, 0.25) is 0 Å². The summed E-state index contributed by atoms with van der Waals surface area (Å²) in [6.45, 7) is 8.38. The minimum atomic E-state index is -0.322. The van der Waals surface area contributed by atoms with Crippen LogP contribution in [-0.2, 0) is 14.3 Å². The maximum Gasteiger partial charge on any atom is 0.377 e. The predicted molar refractivity (Wildman–Crippen MR) is 89.7 cm³/mol. The Bertz CT molecular complexity index is 323. The molecule has 0 amide bonds. The summed E-state index contributed by atoms with van der Waals surface area (Å²) in [6, 6.07) is -0.322. The van der Waals surface area contributed by atoms with Gasteiger partial charge in [-0.15, -0.1) is 0 Å². The molecular weight excluding hydrogens is 314 g/mol. The quantitative estimate of drug-likeness (QED) is 0.294. The van der Waals surface area contributed by atoms with Crippen LogP contribution in [-0.4, -0.2) is 49.7 Å². The van der Waals surface area contributed by atoms with Crippen molar-refractivity contribution in [3.63, 3.8) is 0 Å². The van der Waals surface area contributed by atoms with E-state index in [1.54, 1.807) is 4.58 Å². The smallest absolute Gasteiger partial charge is 0.377 e. The van der Waals surface area contributed by atoms with Crippen molar-refractivity contribution in [2.75, 3.05) is 26.4 Å². The van der Waals surface area contributed by atoms with E-state index in [1.807, 2.05) is 0 Å². The van der Waals surface area contributed by atoms with Gasteiger partial charge in [-0.05, 0) is 6.42 Å². The number of esters is 1. The fourth-order valence-electron chi connectivity index (χ4n) is 2.71. The molecule has 1 atom stereocenters. The Kier molecular flexibility index (Phi) is 14.6. The fraction of sp³-hybridized carbons (Fsp3) is 0.889. The lowest BCUT2D eigenvalue weighted by molar-refractivity contribution is -0.568. The molecule has 1 saturated heterocycles. The summed E-state index contributed by atoms with van der Waals surface area (Å²) < 4.78 is 12.4. The van der Waals surface area contributed by atoms with E-state index in [1.165, 1.54) is 51.4 Å². The Morgan fingerprint density at radius 2 is 1.65 bits per heavy atom. The third-order valence-corrected chi connectivity index (χ3v) is 4.25. The topological polar surface area (TPSA) is 38.5 Å². The highest BCUT2D eigenvalue weighted by molar-refractivity contribution is 5.74. The summed E-state index contributed by atoms with van der Waals surface area (Å²) in [4.78, 5) is 11.9. The fourth-order valence-corrected chi connectivity index (χ4v) is 2.71. The van der Waals surface area contributed by atoms with Crippen LogP contribution in [0.4, 0.5) is 0 Å². The molecule has 0 bridgehead atoms. The first kappa shape index (κ1) is 22.4. The molecule has 4 nitrogen and oxygen atoms in total. The van der Waals surface area contributed by atoms with Crippen molar-refractivity contribution in [2.45, 2.75) is 77.2 Å². The van der Waals surface area contributed by atoms with E-state index in [2.05, 4.69) is 13.6 Å². The van der Waals surface area contributed by atoms with Crippen molar-refractivity contribution in [3.05, 3.63) is 0 Å². The number of ether oxygens (including phenoxy) is 2. The Balaban J connectivity index is 0.00000484. The number of rotatable bonds is 12. The lowest BCUT2D eigenvalue weighted by Crippen LogP contribution is -3.00. The van der Waals surface area contributed by atoms with Gasteiger partial charge in [-0.25, -0.2) is 9.37 Å². The lowest BCUT2D eigenvalue weighted by atomic mass is 10.1. The second-order valence-corrected chi connectivity index (χ2v) is 6.25. The molecule has 1 unspecified atom stereocenters.